The van der Waals surface area contributed by atoms with Gasteiger partial charge in [-0.25, -0.2) is 13.6 Å². The van der Waals surface area contributed by atoms with Gasteiger partial charge in [0.25, 0.3) is 0 Å². The lowest BCUT2D eigenvalue weighted by atomic mass is 10.0. The lowest BCUT2D eigenvalue weighted by Gasteiger charge is -2.06. The highest BCUT2D eigenvalue weighted by molar-refractivity contribution is 7.89. The van der Waals surface area contributed by atoms with Crippen molar-refractivity contribution in [3.8, 4) is 0 Å². The number of aromatic nitrogens is 1. The number of sulfonamides is 1. The van der Waals surface area contributed by atoms with Crippen molar-refractivity contribution in [2.24, 2.45) is 12.2 Å². The lowest BCUT2D eigenvalue weighted by molar-refractivity contribution is 0.103. The van der Waals surface area contributed by atoms with Crippen molar-refractivity contribution in [2.45, 2.75) is 11.8 Å². The predicted octanol–water partition coefficient (Wildman–Crippen LogP) is 3.02. The van der Waals surface area contributed by atoms with Gasteiger partial charge >= 0.3 is 0 Å². The summed E-state index contributed by atoms with van der Waals surface area (Å²) in [5, 5.41) is 5.97. The van der Waals surface area contributed by atoms with Crippen LogP contribution in [0.15, 0.2) is 47.4 Å². The van der Waals surface area contributed by atoms with E-state index in [1.165, 1.54) is 18.2 Å². The molecule has 24 heavy (non-hydrogen) atoms. The molecule has 0 radical (unpaired) electrons. The Morgan fingerprint density at radius 3 is 2.50 bits per heavy atom. The number of carbonyl (C=O) groups is 1. The lowest BCUT2D eigenvalue weighted by Crippen LogP contribution is -2.14. The number of hydrogen-bond acceptors (Lipinski definition) is 3. The van der Waals surface area contributed by atoms with Crippen molar-refractivity contribution < 1.29 is 13.2 Å². The molecule has 5 nitrogen and oxygen atoms in total. The van der Waals surface area contributed by atoms with Gasteiger partial charge in [0.2, 0.25) is 10.0 Å². The maximum Gasteiger partial charge on any atom is 0.239 e. The van der Waals surface area contributed by atoms with Gasteiger partial charge in [-0.1, -0.05) is 29.8 Å². The summed E-state index contributed by atoms with van der Waals surface area (Å²) in [6, 6.07) is 11.6. The van der Waals surface area contributed by atoms with E-state index >= 15 is 0 Å². The number of benzene rings is 2. The van der Waals surface area contributed by atoms with Crippen LogP contribution in [0.4, 0.5) is 0 Å². The molecular formula is C17H15ClN2O3S. The van der Waals surface area contributed by atoms with Crippen molar-refractivity contribution in [1.82, 2.24) is 4.57 Å². The molecule has 0 fully saturated rings. The van der Waals surface area contributed by atoms with E-state index in [9.17, 15) is 13.2 Å². The van der Waals surface area contributed by atoms with Crippen molar-refractivity contribution >= 4 is 38.3 Å². The van der Waals surface area contributed by atoms with Gasteiger partial charge in [-0.2, -0.15) is 0 Å². The average Bonchev–Trinajstić information content (AvgIpc) is 2.78. The van der Waals surface area contributed by atoms with Gasteiger partial charge < -0.3 is 4.57 Å². The summed E-state index contributed by atoms with van der Waals surface area (Å²) in [5.41, 5.74) is 2.49. The van der Waals surface area contributed by atoms with Crippen LogP contribution in [0, 0.1) is 6.92 Å². The number of para-hydroxylation sites is 1. The minimum atomic E-state index is -4.01. The SMILES string of the molecule is Cc1c(C(=O)c2ccc(Cl)c(S(N)(=O)=O)c2)c2ccccc2n1C. The van der Waals surface area contributed by atoms with E-state index < -0.39 is 10.0 Å². The number of halogens is 1. The summed E-state index contributed by atoms with van der Waals surface area (Å²) in [6.07, 6.45) is 0. The van der Waals surface area contributed by atoms with Crippen LogP contribution in [0.3, 0.4) is 0 Å². The Hall–Kier alpha value is -2.15. The molecular weight excluding hydrogens is 348 g/mol. The first-order chi connectivity index (χ1) is 11.2. The zero-order chi connectivity index (χ0) is 17.6. The Balaban J connectivity index is 2.23. The quantitative estimate of drug-likeness (QED) is 0.727. The molecule has 0 aliphatic heterocycles. The zero-order valence-corrected chi connectivity index (χ0v) is 14.6. The van der Waals surface area contributed by atoms with Gasteiger partial charge in [0.05, 0.1) is 10.6 Å². The number of aryl methyl sites for hydroxylation is 1. The van der Waals surface area contributed by atoms with Crippen molar-refractivity contribution in [3.05, 3.63) is 64.3 Å². The Labute approximate surface area is 144 Å². The second kappa shape index (κ2) is 5.73. The van der Waals surface area contributed by atoms with E-state index in [2.05, 4.69) is 0 Å². The van der Waals surface area contributed by atoms with Crippen LogP contribution in [-0.4, -0.2) is 18.8 Å². The molecule has 2 N–H and O–H groups in total. The van der Waals surface area contributed by atoms with E-state index in [-0.39, 0.29) is 21.3 Å². The van der Waals surface area contributed by atoms with E-state index in [0.29, 0.717) is 5.56 Å². The molecule has 3 rings (SSSR count). The Morgan fingerprint density at radius 2 is 1.83 bits per heavy atom. The van der Waals surface area contributed by atoms with Crippen molar-refractivity contribution in [3.63, 3.8) is 0 Å². The number of fused-ring (bicyclic) bond motifs is 1. The van der Waals surface area contributed by atoms with E-state index in [4.69, 9.17) is 16.7 Å². The Bertz CT molecular complexity index is 1080. The molecule has 124 valence electrons. The summed E-state index contributed by atoms with van der Waals surface area (Å²) in [4.78, 5) is 12.7. The second-order valence-corrected chi connectivity index (χ2v) is 7.49. The molecule has 0 saturated heterocycles. The first-order valence-corrected chi connectivity index (χ1v) is 9.05. The third kappa shape index (κ3) is 2.62. The number of nitrogens with two attached hydrogens (primary N) is 1. The summed E-state index contributed by atoms with van der Waals surface area (Å²) < 4.78 is 25.2. The summed E-state index contributed by atoms with van der Waals surface area (Å²) in [7, 11) is -2.13. The van der Waals surface area contributed by atoms with Gasteiger partial charge in [-0.15, -0.1) is 0 Å². The molecule has 0 saturated carbocycles. The molecule has 1 aromatic heterocycles. The van der Waals surface area contributed by atoms with Crippen LogP contribution < -0.4 is 5.14 Å². The smallest absolute Gasteiger partial charge is 0.239 e. The van der Waals surface area contributed by atoms with Crippen LogP contribution in [0.5, 0.6) is 0 Å². The molecule has 2 aromatic carbocycles. The Kier molecular flexibility index (Phi) is 3.99. The molecule has 1 heterocycles. The highest BCUT2D eigenvalue weighted by Gasteiger charge is 2.22. The minimum Gasteiger partial charge on any atom is -0.347 e. The van der Waals surface area contributed by atoms with Crippen LogP contribution in [-0.2, 0) is 17.1 Å². The fourth-order valence-electron chi connectivity index (χ4n) is 2.81. The fourth-order valence-corrected chi connectivity index (χ4v) is 3.89. The average molecular weight is 363 g/mol. The highest BCUT2D eigenvalue weighted by Crippen LogP contribution is 2.29. The molecule has 0 spiro atoms. The maximum atomic E-state index is 13.0. The molecule has 7 heteroatoms. The van der Waals surface area contributed by atoms with Gasteiger partial charge in [-0.05, 0) is 31.2 Å². The Morgan fingerprint density at radius 1 is 1.17 bits per heavy atom. The molecule has 0 unspecified atom stereocenters. The third-order valence-corrected chi connectivity index (χ3v) is 5.52. The first kappa shape index (κ1) is 16.7. The largest absolute Gasteiger partial charge is 0.347 e. The molecule has 3 aromatic rings. The van der Waals surface area contributed by atoms with Crippen molar-refractivity contribution in [2.75, 3.05) is 0 Å². The first-order valence-electron chi connectivity index (χ1n) is 7.13. The van der Waals surface area contributed by atoms with Crippen LogP contribution in [0.2, 0.25) is 5.02 Å². The standard InChI is InChI=1S/C17H15ClN2O3S/c1-10-16(12-5-3-4-6-14(12)20(10)2)17(21)11-7-8-13(18)15(9-11)24(19,22)23/h3-9H,1-2H3,(H2,19,22,23). The normalized spacial score (nSPS) is 11.8. The van der Waals surface area contributed by atoms with Gasteiger partial charge in [0, 0.05) is 29.2 Å². The molecule has 0 aliphatic rings. The van der Waals surface area contributed by atoms with Crippen LogP contribution in [0.1, 0.15) is 21.6 Å². The zero-order valence-electron chi connectivity index (χ0n) is 13.1. The molecule has 0 aliphatic carbocycles. The number of ketones is 1. The number of primary sulfonamides is 1. The topological polar surface area (TPSA) is 82.2 Å². The van der Waals surface area contributed by atoms with Gasteiger partial charge in [-0.3, -0.25) is 4.79 Å². The maximum absolute atomic E-state index is 13.0. The molecule has 0 atom stereocenters. The van der Waals surface area contributed by atoms with Gasteiger partial charge in [0.15, 0.2) is 5.78 Å². The van der Waals surface area contributed by atoms with Crippen molar-refractivity contribution in [1.29, 1.82) is 0 Å². The van der Waals surface area contributed by atoms with E-state index in [1.54, 1.807) is 0 Å². The fraction of sp³-hybridized carbons (Fsp3) is 0.118. The van der Waals surface area contributed by atoms with Crippen LogP contribution >= 0.6 is 11.6 Å². The van der Waals surface area contributed by atoms with E-state index in [1.807, 2.05) is 42.8 Å². The summed E-state index contributed by atoms with van der Waals surface area (Å²) in [6.45, 7) is 1.85. The summed E-state index contributed by atoms with van der Waals surface area (Å²) in [5.74, 6) is -0.272. The highest BCUT2D eigenvalue weighted by atomic mass is 35.5. The number of hydrogen-bond donors (Lipinski definition) is 1. The molecule has 0 amide bonds. The minimum absolute atomic E-state index is 0.0105. The summed E-state index contributed by atoms with van der Waals surface area (Å²) >= 11 is 5.89. The van der Waals surface area contributed by atoms with E-state index in [0.717, 1.165) is 16.6 Å². The monoisotopic (exact) mass is 362 g/mol. The van der Waals surface area contributed by atoms with Crippen LogP contribution in [0.25, 0.3) is 10.9 Å². The number of nitrogens with zero attached hydrogens (tertiary/aromatic N) is 1. The molecule has 0 bridgehead atoms. The van der Waals surface area contributed by atoms with Gasteiger partial charge in [0.1, 0.15) is 4.90 Å². The predicted molar refractivity (Wildman–Crippen MR) is 93.9 cm³/mol. The second-order valence-electron chi connectivity index (χ2n) is 5.56. The third-order valence-electron chi connectivity index (χ3n) is 4.13. The number of rotatable bonds is 3. The number of carbonyl (C=O) groups excluding carboxylic acids is 1.